The number of hydrogen-bond donors (Lipinski definition) is 0. The number of fused-ring (bicyclic) bond motifs is 7. The number of esters is 1. The summed E-state index contributed by atoms with van der Waals surface area (Å²) in [7, 11) is 2.91. The molecule has 214 valence electrons. The van der Waals surface area contributed by atoms with Gasteiger partial charge in [-0.25, -0.2) is 4.90 Å². The molecule has 0 radical (unpaired) electrons. The Morgan fingerprint density at radius 3 is 2.26 bits per heavy atom. The second-order valence-corrected chi connectivity index (χ2v) is 10.7. The molecule has 0 unspecified atom stereocenters. The van der Waals surface area contributed by atoms with Gasteiger partial charge in [0.2, 0.25) is 11.8 Å². The van der Waals surface area contributed by atoms with Crippen molar-refractivity contribution in [3.05, 3.63) is 106 Å². The van der Waals surface area contributed by atoms with Crippen LogP contribution in [0.2, 0.25) is 0 Å². The van der Waals surface area contributed by atoms with E-state index in [0.717, 1.165) is 21.2 Å². The Labute approximate surface area is 245 Å². The first-order valence-corrected chi connectivity index (χ1v) is 13.6. The Kier molecular flexibility index (Phi) is 6.01. The maximum atomic E-state index is 14.3. The van der Waals surface area contributed by atoms with Crippen molar-refractivity contribution in [2.24, 2.45) is 17.8 Å². The lowest BCUT2D eigenvalue weighted by atomic mass is 9.64. The second-order valence-electron chi connectivity index (χ2n) is 10.7. The maximum absolute atomic E-state index is 14.3. The Bertz CT molecular complexity index is 1900. The standard InChI is InChI=1S/C33H24N2O8/c1-41-19-10-7-18(8-11-19)22-16-23-27-21-6-4-3-5-17(21)9-14-26(27)43-33(38)29(23)30-28(22)31(36)34(32(30)37)24-13-12-20(42-2)15-25(24)35(39)40/h3-16,22,28-30H,1-2H3/t22-,28+,29-,30-/m0/s1. The molecule has 0 aromatic heterocycles. The molecule has 43 heavy (non-hydrogen) atoms. The SMILES string of the molecule is COc1ccc([C@@H]2C=C3c4c(ccc5ccccc45)OC(=O)[C@@H]3[C@H]3C(=O)N(c4ccc(OC)cc4[N+](=O)[O-])C(=O)[C@@H]32)cc1. The molecule has 2 aliphatic heterocycles. The van der Waals surface area contributed by atoms with E-state index in [1.54, 1.807) is 25.3 Å². The summed E-state index contributed by atoms with van der Waals surface area (Å²) in [5.41, 5.74) is 1.37. The third kappa shape index (κ3) is 3.90. The molecule has 0 spiro atoms. The van der Waals surface area contributed by atoms with Crippen LogP contribution in [-0.2, 0) is 14.4 Å². The number of nitrogens with zero attached hydrogens (tertiary/aromatic N) is 2. The van der Waals surface area contributed by atoms with Gasteiger partial charge in [0.1, 0.15) is 22.9 Å². The highest BCUT2D eigenvalue weighted by atomic mass is 16.6. The van der Waals surface area contributed by atoms with E-state index in [2.05, 4.69) is 0 Å². The first-order valence-electron chi connectivity index (χ1n) is 13.6. The van der Waals surface area contributed by atoms with Crippen LogP contribution in [0, 0.1) is 27.9 Å². The molecule has 0 N–H and O–H groups in total. The van der Waals surface area contributed by atoms with Crippen LogP contribution in [-0.4, -0.2) is 36.9 Å². The molecular formula is C33H24N2O8. The first kappa shape index (κ1) is 26.4. The number of amides is 2. The summed E-state index contributed by atoms with van der Waals surface area (Å²) in [6.07, 6.45) is 1.89. The van der Waals surface area contributed by atoms with Crippen molar-refractivity contribution in [1.82, 2.24) is 0 Å². The van der Waals surface area contributed by atoms with Gasteiger partial charge in [0.05, 0.1) is 43.0 Å². The van der Waals surface area contributed by atoms with E-state index >= 15 is 0 Å². The number of anilines is 1. The summed E-state index contributed by atoms with van der Waals surface area (Å²) in [4.78, 5) is 54.5. The minimum absolute atomic E-state index is 0.180. The molecule has 10 nitrogen and oxygen atoms in total. The van der Waals surface area contributed by atoms with Gasteiger partial charge in [-0.1, -0.05) is 48.5 Å². The number of hydrogen-bond acceptors (Lipinski definition) is 8. The number of nitro benzene ring substituents is 1. The molecular weight excluding hydrogens is 552 g/mol. The van der Waals surface area contributed by atoms with Gasteiger partial charge in [-0.2, -0.15) is 0 Å². The number of carbonyl (C=O) groups is 3. The normalized spacial score (nSPS) is 22.3. The predicted molar refractivity (Wildman–Crippen MR) is 156 cm³/mol. The van der Waals surface area contributed by atoms with Crippen molar-refractivity contribution < 1.29 is 33.5 Å². The van der Waals surface area contributed by atoms with Gasteiger partial charge in [0.25, 0.3) is 5.69 Å². The van der Waals surface area contributed by atoms with E-state index in [0.29, 0.717) is 22.6 Å². The van der Waals surface area contributed by atoms with E-state index in [9.17, 15) is 24.5 Å². The Hall–Kier alpha value is -5.51. The van der Waals surface area contributed by atoms with Crippen LogP contribution in [0.25, 0.3) is 16.3 Å². The summed E-state index contributed by atoms with van der Waals surface area (Å²) in [5.74, 6) is -4.66. The number of nitro groups is 1. The summed E-state index contributed by atoms with van der Waals surface area (Å²) in [6.45, 7) is 0. The molecule has 3 aliphatic rings. The molecule has 7 rings (SSSR count). The number of imide groups is 1. The highest BCUT2D eigenvalue weighted by Crippen LogP contribution is 2.56. The van der Waals surface area contributed by atoms with E-state index in [1.807, 2.05) is 48.5 Å². The molecule has 4 atom stereocenters. The molecule has 0 bridgehead atoms. The number of benzene rings is 4. The Balaban J connectivity index is 1.45. The zero-order valence-corrected chi connectivity index (χ0v) is 23.1. The van der Waals surface area contributed by atoms with Gasteiger partial charge >= 0.3 is 5.97 Å². The topological polar surface area (TPSA) is 125 Å². The van der Waals surface area contributed by atoms with Gasteiger partial charge in [0, 0.05) is 11.5 Å². The lowest BCUT2D eigenvalue weighted by Gasteiger charge is -2.38. The summed E-state index contributed by atoms with van der Waals surface area (Å²) >= 11 is 0. The largest absolute Gasteiger partial charge is 0.497 e. The molecule has 1 saturated heterocycles. The smallest absolute Gasteiger partial charge is 0.319 e. The zero-order valence-electron chi connectivity index (χ0n) is 23.1. The molecule has 2 amide bonds. The third-order valence-electron chi connectivity index (χ3n) is 8.60. The van der Waals surface area contributed by atoms with E-state index in [-0.39, 0.29) is 11.4 Å². The minimum atomic E-state index is -1.15. The fraction of sp³-hybridized carbons (Fsp3) is 0.182. The van der Waals surface area contributed by atoms with Crippen LogP contribution in [0.15, 0.2) is 84.9 Å². The molecule has 4 aromatic rings. The number of rotatable bonds is 5. The van der Waals surface area contributed by atoms with E-state index < -0.39 is 52.1 Å². The first-order chi connectivity index (χ1) is 20.8. The van der Waals surface area contributed by atoms with Gasteiger partial charge in [-0.05, 0) is 52.2 Å². The van der Waals surface area contributed by atoms with Gasteiger partial charge in [0.15, 0.2) is 0 Å². The third-order valence-corrected chi connectivity index (χ3v) is 8.60. The Morgan fingerprint density at radius 1 is 0.837 bits per heavy atom. The van der Waals surface area contributed by atoms with Crippen LogP contribution in [0.3, 0.4) is 0 Å². The van der Waals surface area contributed by atoms with Crippen LogP contribution >= 0.6 is 0 Å². The van der Waals surface area contributed by atoms with Gasteiger partial charge < -0.3 is 14.2 Å². The van der Waals surface area contributed by atoms with E-state index in [4.69, 9.17) is 14.2 Å². The zero-order chi connectivity index (χ0) is 30.0. The van der Waals surface area contributed by atoms with Crippen LogP contribution in [0.4, 0.5) is 11.4 Å². The van der Waals surface area contributed by atoms with Crippen molar-refractivity contribution in [2.75, 3.05) is 19.1 Å². The molecule has 1 fully saturated rings. The summed E-state index contributed by atoms with van der Waals surface area (Å²) < 4.78 is 16.3. The molecule has 10 heteroatoms. The average molecular weight is 577 g/mol. The fourth-order valence-corrected chi connectivity index (χ4v) is 6.69. The summed E-state index contributed by atoms with van der Waals surface area (Å²) in [5, 5.41) is 13.8. The average Bonchev–Trinajstić information content (AvgIpc) is 3.29. The Morgan fingerprint density at radius 2 is 1.53 bits per heavy atom. The number of allylic oxidation sites excluding steroid dienone is 1. The van der Waals surface area contributed by atoms with Gasteiger partial charge in [-0.3, -0.25) is 24.5 Å². The lowest BCUT2D eigenvalue weighted by molar-refractivity contribution is -0.384. The molecule has 4 aromatic carbocycles. The van der Waals surface area contributed by atoms with Crippen molar-refractivity contribution in [3.63, 3.8) is 0 Å². The van der Waals surface area contributed by atoms with Gasteiger partial charge in [-0.15, -0.1) is 0 Å². The highest BCUT2D eigenvalue weighted by Gasteiger charge is 2.61. The van der Waals surface area contributed by atoms with Crippen molar-refractivity contribution in [3.8, 4) is 17.2 Å². The molecule has 1 aliphatic carbocycles. The highest BCUT2D eigenvalue weighted by molar-refractivity contribution is 6.25. The summed E-state index contributed by atoms with van der Waals surface area (Å²) in [6, 6.07) is 22.4. The number of carbonyl (C=O) groups excluding carboxylic acids is 3. The van der Waals surface area contributed by atoms with Crippen molar-refractivity contribution in [1.29, 1.82) is 0 Å². The lowest BCUT2D eigenvalue weighted by Crippen LogP contribution is -2.42. The minimum Gasteiger partial charge on any atom is -0.497 e. The molecule has 2 heterocycles. The fourth-order valence-electron chi connectivity index (χ4n) is 6.69. The monoisotopic (exact) mass is 576 g/mol. The van der Waals surface area contributed by atoms with Crippen LogP contribution in [0.5, 0.6) is 17.2 Å². The van der Waals surface area contributed by atoms with E-state index in [1.165, 1.54) is 25.3 Å². The van der Waals surface area contributed by atoms with Crippen LogP contribution < -0.4 is 19.1 Å². The number of ether oxygens (including phenoxy) is 3. The predicted octanol–water partition coefficient (Wildman–Crippen LogP) is 5.29. The number of methoxy groups -OCH3 is 2. The second kappa shape index (κ2) is 9.80. The molecule has 0 saturated carbocycles. The maximum Gasteiger partial charge on any atom is 0.319 e. The van der Waals surface area contributed by atoms with Crippen molar-refractivity contribution in [2.45, 2.75) is 5.92 Å². The van der Waals surface area contributed by atoms with Crippen molar-refractivity contribution >= 4 is 45.5 Å². The quantitative estimate of drug-likeness (QED) is 0.103. The van der Waals surface area contributed by atoms with Crippen LogP contribution in [0.1, 0.15) is 17.0 Å².